The van der Waals surface area contributed by atoms with Gasteiger partial charge in [-0.05, 0) is 37.0 Å². The molecule has 1 atom stereocenters. The zero-order valence-electron chi connectivity index (χ0n) is 12.1. The molecule has 1 amide bonds. The third-order valence-corrected chi connectivity index (χ3v) is 4.52. The topological polar surface area (TPSA) is 63.4 Å². The number of hydrogen-bond acceptors (Lipinski definition) is 4. The summed E-state index contributed by atoms with van der Waals surface area (Å²) in [5.74, 6) is 1.01. The van der Waals surface area contributed by atoms with Crippen molar-refractivity contribution in [3.05, 3.63) is 23.3 Å². The highest BCUT2D eigenvalue weighted by atomic mass is 32.2. The van der Waals surface area contributed by atoms with E-state index in [9.17, 15) is 9.59 Å². The maximum atomic E-state index is 12.2. The van der Waals surface area contributed by atoms with Crippen molar-refractivity contribution in [3.8, 4) is 0 Å². The number of amides is 1. The summed E-state index contributed by atoms with van der Waals surface area (Å²) in [5, 5.41) is 0.0990. The average molecular weight is 292 g/mol. The highest BCUT2D eigenvalue weighted by molar-refractivity contribution is 8.13. The molecule has 5 heteroatoms. The minimum Gasteiger partial charge on any atom is -0.397 e. The second-order valence-corrected chi connectivity index (χ2v) is 6.59. The van der Waals surface area contributed by atoms with Crippen molar-refractivity contribution in [1.29, 1.82) is 0 Å². The molecule has 0 saturated carbocycles. The van der Waals surface area contributed by atoms with E-state index in [4.69, 9.17) is 5.73 Å². The van der Waals surface area contributed by atoms with Crippen LogP contribution in [0.3, 0.4) is 0 Å². The molecular weight excluding hydrogens is 272 g/mol. The lowest BCUT2D eigenvalue weighted by atomic mass is 10.1. The zero-order chi connectivity index (χ0) is 14.9. The second-order valence-electron chi connectivity index (χ2n) is 5.40. The van der Waals surface area contributed by atoms with E-state index in [1.54, 1.807) is 11.8 Å². The second kappa shape index (κ2) is 5.87. The van der Waals surface area contributed by atoms with Gasteiger partial charge < -0.3 is 10.6 Å². The van der Waals surface area contributed by atoms with Gasteiger partial charge in [-0.2, -0.15) is 0 Å². The Balaban J connectivity index is 2.18. The van der Waals surface area contributed by atoms with E-state index >= 15 is 0 Å². The van der Waals surface area contributed by atoms with Gasteiger partial charge in [-0.25, -0.2) is 0 Å². The maximum Gasteiger partial charge on any atom is 0.227 e. The van der Waals surface area contributed by atoms with Gasteiger partial charge in [0.25, 0.3) is 0 Å². The Morgan fingerprint density at radius 1 is 1.45 bits per heavy atom. The Labute approximate surface area is 123 Å². The molecule has 1 saturated heterocycles. The first-order chi connectivity index (χ1) is 9.38. The summed E-state index contributed by atoms with van der Waals surface area (Å²) >= 11 is 1.29. The number of thioether (sulfide) groups is 1. The quantitative estimate of drug-likeness (QED) is 0.870. The lowest BCUT2D eigenvalue weighted by Gasteiger charge is -2.21. The molecule has 20 heavy (non-hydrogen) atoms. The first-order valence-corrected chi connectivity index (χ1v) is 7.67. The summed E-state index contributed by atoms with van der Waals surface area (Å²) in [6, 6.07) is 3.93. The molecule has 1 aromatic rings. The SMILES string of the molecule is CC(=O)SCC1CC(=O)N(c2c(C)cc(C)cc2N)C1. The number of hydrogen-bond donors (Lipinski definition) is 1. The first-order valence-electron chi connectivity index (χ1n) is 6.69. The van der Waals surface area contributed by atoms with Crippen molar-refractivity contribution in [2.75, 3.05) is 22.9 Å². The highest BCUT2D eigenvalue weighted by Gasteiger charge is 2.32. The fraction of sp³-hybridized carbons (Fsp3) is 0.467. The van der Waals surface area contributed by atoms with Crippen LogP contribution in [0.15, 0.2) is 12.1 Å². The Morgan fingerprint density at radius 3 is 2.75 bits per heavy atom. The van der Waals surface area contributed by atoms with Crippen LogP contribution in [0.5, 0.6) is 0 Å². The number of rotatable bonds is 3. The first kappa shape index (κ1) is 14.9. The number of nitrogens with two attached hydrogens (primary N) is 1. The lowest BCUT2D eigenvalue weighted by Crippen LogP contribution is -2.26. The van der Waals surface area contributed by atoms with Gasteiger partial charge in [0.05, 0.1) is 11.4 Å². The van der Waals surface area contributed by atoms with Crippen LogP contribution in [-0.2, 0) is 9.59 Å². The molecule has 108 valence electrons. The van der Waals surface area contributed by atoms with E-state index in [2.05, 4.69) is 0 Å². The number of nitrogen functional groups attached to an aromatic ring is 1. The summed E-state index contributed by atoms with van der Waals surface area (Å²) < 4.78 is 0. The lowest BCUT2D eigenvalue weighted by molar-refractivity contribution is -0.117. The molecule has 0 spiro atoms. The van der Waals surface area contributed by atoms with Crippen LogP contribution in [0.4, 0.5) is 11.4 Å². The summed E-state index contributed by atoms with van der Waals surface area (Å²) in [6.45, 7) is 6.17. The molecule has 1 aliphatic rings. The summed E-state index contributed by atoms with van der Waals surface area (Å²) in [7, 11) is 0. The van der Waals surface area contributed by atoms with E-state index in [0.29, 0.717) is 24.4 Å². The molecular formula is C15H20N2O2S. The number of carbonyl (C=O) groups is 2. The van der Waals surface area contributed by atoms with Crippen LogP contribution in [-0.4, -0.2) is 23.3 Å². The largest absolute Gasteiger partial charge is 0.397 e. The van der Waals surface area contributed by atoms with Gasteiger partial charge in [0.2, 0.25) is 5.91 Å². The fourth-order valence-electron chi connectivity index (χ4n) is 2.71. The van der Waals surface area contributed by atoms with Gasteiger partial charge in [0.15, 0.2) is 5.12 Å². The fourth-order valence-corrected chi connectivity index (χ4v) is 3.40. The third kappa shape index (κ3) is 3.15. The highest BCUT2D eigenvalue weighted by Crippen LogP contribution is 2.34. The zero-order valence-corrected chi connectivity index (χ0v) is 12.9. The molecule has 0 aliphatic carbocycles. The van der Waals surface area contributed by atoms with Crippen LogP contribution in [0.1, 0.15) is 24.5 Å². The van der Waals surface area contributed by atoms with Crippen molar-refractivity contribution in [3.63, 3.8) is 0 Å². The van der Waals surface area contributed by atoms with Gasteiger partial charge in [-0.15, -0.1) is 0 Å². The molecule has 1 aromatic carbocycles. The summed E-state index contributed by atoms with van der Waals surface area (Å²) in [5.41, 5.74) is 9.68. The maximum absolute atomic E-state index is 12.2. The van der Waals surface area contributed by atoms with Crippen LogP contribution < -0.4 is 10.6 Å². The number of aryl methyl sites for hydroxylation is 2. The molecule has 1 heterocycles. The molecule has 2 N–H and O–H groups in total. The molecule has 0 aromatic heterocycles. The van der Waals surface area contributed by atoms with Gasteiger partial charge in [-0.3, -0.25) is 9.59 Å². The molecule has 0 radical (unpaired) electrons. The molecule has 1 unspecified atom stereocenters. The van der Waals surface area contributed by atoms with Crippen molar-refractivity contribution in [1.82, 2.24) is 0 Å². The molecule has 2 rings (SSSR count). The molecule has 1 aliphatic heterocycles. The summed E-state index contributed by atoms with van der Waals surface area (Å²) in [4.78, 5) is 25.0. The number of benzene rings is 1. The smallest absolute Gasteiger partial charge is 0.227 e. The average Bonchev–Trinajstić information content (AvgIpc) is 2.67. The number of nitrogens with zero attached hydrogens (tertiary/aromatic N) is 1. The van der Waals surface area contributed by atoms with Crippen molar-refractivity contribution < 1.29 is 9.59 Å². The van der Waals surface area contributed by atoms with Crippen LogP contribution in [0.2, 0.25) is 0 Å². The predicted octanol–water partition coefficient (Wildman–Crippen LogP) is 2.52. The van der Waals surface area contributed by atoms with Crippen molar-refractivity contribution in [2.45, 2.75) is 27.2 Å². The van der Waals surface area contributed by atoms with E-state index in [1.165, 1.54) is 11.8 Å². The van der Waals surface area contributed by atoms with Crippen LogP contribution >= 0.6 is 11.8 Å². The van der Waals surface area contributed by atoms with E-state index in [1.807, 2.05) is 26.0 Å². The normalized spacial score (nSPS) is 18.6. The van der Waals surface area contributed by atoms with Gasteiger partial charge in [-0.1, -0.05) is 17.8 Å². The van der Waals surface area contributed by atoms with Crippen LogP contribution in [0, 0.1) is 19.8 Å². The summed E-state index contributed by atoms with van der Waals surface area (Å²) in [6.07, 6.45) is 0.493. The third-order valence-electron chi connectivity index (χ3n) is 3.47. The van der Waals surface area contributed by atoms with Gasteiger partial charge >= 0.3 is 0 Å². The monoisotopic (exact) mass is 292 g/mol. The number of carbonyl (C=O) groups excluding carboxylic acids is 2. The molecule has 0 bridgehead atoms. The number of anilines is 2. The minimum atomic E-state index is 0.0952. The predicted molar refractivity (Wildman–Crippen MR) is 83.9 cm³/mol. The Hall–Kier alpha value is -1.49. The van der Waals surface area contributed by atoms with E-state index in [0.717, 1.165) is 16.8 Å². The Morgan fingerprint density at radius 2 is 2.15 bits per heavy atom. The van der Waals surface area contributed by atoms with Gasteiger partial charge in [0.1, 0.15) is 0 Å². The van der Waals surface area contributed by atoms with Crippen LogP contribution in [0.25, 0.3) is 0 Å². The van der Waals surface area contributed by atoms with E-state index < -0.39 is 0 Å². The van der Waals surface area contributed by atoms with Crippen molar-refractivity contribution >= 4 is 34.2 Å². The molecule has 4 nitrogen and oxygen atoms in total. The Kier molecular flexibility index (Phi) is 4.38. The Bertz CT molecular complexity index is 534. The van der Waals surface area contributed by atoms with Crippen molar-refractivity contribution in [2.24, 2.45) is 5.92 Å². The van der Waals surface area contributed by atoms with Gasteiger partial charge in [0, 0.05) is 25.6 Å². The van der Waals surface area contributed by atoms with E-state index in [-0.39, 0.29) is 16.9 Å². The molecule has 1 fully saturated rings. The standard InChI is InChI=1S/C15H20N2O2S/c1-9-4-10(2)15(13(16)5-9)17-7-12(6-14(17)19)8-20-11(3)18/h4-5,12H,6-8,16H2,1-3H3. The minimum absolute atomic E-state index is 0.0952.